The van der Waals surface area contributed by atoms with Crippen LogP contribution in [0, 0.1) is 0 Å². The van der Waals surface area contributed by atoms with E-state index in [2.05, 4.69) is 21.6 Å². The molecule has 0 amide bonds. The van der Waals surface area contributed by atoms with E-state index in [-0.39, 0.29) is 6.04 Å². The molecule has 20 heavy (non-hydrogen) atoms. The number of nitrogens with two attached hydrogens (primary N) is 1. The molecule has 1 aromatic carbocycles. The summed E-state index contributed by atoms with van der Waals surface area (Å²) in [7, 11) is 1.91. The molecular formula is C15H17N5. The molecule has 0 bridgehead atoms. The molecule has 0 aliphatic heterocycles. The number of nitrogens with zero attached hydrogens (tertiary/aromatic N) is 3. The van der Waals surface area contributed by atoms with Gasteiger partial charge in [0.15, 0.2) is 0 Å². The molecular weight excluding hydrogens is 250 g/mol. The van der Waals surface area contributed by atoms with Crippen molar-refractivity contribution in [3.63, 3.8) is 0 Å². The van der Waals surface area contributed by atoms with Crippen molar-refractivity contribution in [2.75, 3.05) is 0 Å². The topological polar surface area (TPSA) is 68.8 Å². The molecule has 5 nitrogen and oxygen atoms in total. The Morgan fingerprint density at radius 2 is 2.10 bits per heavy atom. The summed E-state index contributed by atoms with van der Waals surface area (Å²) in [6, 6.07) is 12.1. The van der Waals surface area contributed by atoms with Gasteiger partial charge in [-0.25, -0.2) is 0 Å². The van der Waals surface area contributed by atoms with Crippen molar-refractivity contribution < 1.29 is 0 Å². The van der Waals surface area contributed by atoms with Gasteiger partial charge in [-0.1, -0.05) is 18.2 Å². The zero-order valence-electron chi connectivity index (χ0n) is 11.3. The minimum absolute atomic E-state index is 0.0119. The third kappa shape index (κ3) is 2.41. The van der Waals surface area contributed by atoms with Crippen LogP contribution in [0.5, 0.6) is 0 Å². The fourth-order valence-electron chi connectivity index (χ4n) is 2.46. The van der Waals surface area contributed by atoms with E-state index in [1.54, 1.807) is 4.68 Å². The summed E-state index contributed by atoms with van der Waals surface area (Å²) in [4.78, 5) is 4.38. The van der Waals surface area contributed by atoms with Gasteiger partial charge in [0, 0.05) is 31.2 Å². The summed E-state index contributed by atoms with van der Waals surface area (Å²) < 4.78 is 1.80. The van der Waals surface area contributed by atoms with E-state index in [4.69, 9.17) is 5.84 Å². The summed E-state index contributed by atoms with van der Waals surface area (Å²) in [5, 5.41) is 5.53. The summed E-state index contributed by atoms with van der Waals surface area (Å²) in [6.45, 7) is 0. The van der Waals surface area contributed by atoms with Gasteiger partial charge in [0.25, 0.3) is 0 Å². The fourth-order valence-corrected chi connectivity index (χ4v) is 2.46. The normalized spacial score (nSPS) is 12.7. The first-order valence-corrected chi connectivity index (χ1v) is 6.56. The molecule has 3 rings (SSSR count). The Kier molecular flexibility index (Phi) is 3.45. The highest BCUT2D eigenvalue weighted by molar-refractivity contribution is 5.82. The van der Waals surface area contributed by atoms with Crippen LogP contribution in [-0.2, 0) is 13.5 Å². The largest absolute Gasteiger partial charge is 0.276 e. The van der Waals surface area contributed by atoms with E-state index in [9.17, 15) is 0 Å². The van der Waals surface area contributed by atoms with Crippen LogP contribution in [0.2, 0.25) is 0 Å². The lowest BCUT2D eigenvalue weighted by Crippen LogP contribution is -2.30. The Bertz CT molecular complexity index is 714. The van der Waals surface area contributed by atoms with Crippen molar-refractivity contribution in [1.29, 1.82) is 0 Å². The maximum Gasteiger partial charge on any atom is 0.0705 e. The predicted octanol–water partition coefficient (Wildman–Crippen LogP) is 1.72. The van der Waals surface area contributed by atoms with Gasteiger partial charge in [-0.2, -0.15) is 5.10 Å². The average molecular weight is 267 g/mol. The third-order valence-corrected chi connectivity index (χ3v) is 3.44. The van der Waals surface area contributed by atoms with E-state index in [0.717, 1.165) is 28.6 Å². The number of hydrogen-bond donors (Lipinski definition) is 2. The van der Waals surface area contributed by atoms with Crippen molar-refractivity contribution in [3.8, 4) is 0 Å². The first-order chi connectivity index (χ1) is 9.78. The lowest BCUT2D eigenvalue weighted by Gasteiger charge is -2.17. The van der Waals surface area contributed by atoms with E-state index in [0.29, 0.717) is 0 Å². The van der Waals surface area contributed by atoms with Crippen LogP contribution in [0.25, 0.3) is 10.9 Å². The van der Waals surface area contributed by atoms with Gasteiger partial charge in [-0.15, -0.1) is 0 Å². The molecule has 0 fully saturated rings. The van der Waals surface area contributed by atoms with E-state index >= 15 is 0 Å². The summed E-state index contributed by atoms with van der Waals surface area (Å²) in [5.74, 6) is 5.75. The van der Waals surface area contributed by atoms with Crippen molar-refractivity contribution in [3.05, 3.63) is 60.0 Å². The number of aromatic nitrogens is 3. The lowest BCUT2D eigenvalue weighted by molar-refractivity contribution is 0.544. The van der Waals surface area contributed by atoms with Crippen molar-refractivity contribution in [1.82, 2.24) is 20.2 Å². The van der Waals surface area contributed by atoms with E-state index in [1.165, 1.54) is 0 Å². The fraction of sp³-hybridized carbons (Fsp3) is 0.200. The number of hydrazine groups is 1. The lowest BCUT2D eigenvalue weighted by atomic mass is 9.99. The quantitative estimate of drug-likeness (QED) is 0.558. The second kappa shape index (κ2) is 5.40. The Balaban J connectivity index is 1.98. The molecule has 2 heterocycles. The minimum atomic E-state index is 0.0119. The molecule has 1 unspecified atom stereocenters. The second-order valence-electron chi connectivity index (χ2n) is 4.82. The zero-order valence-corrected chi connectivity index (χ0v) is 11.3. The van der Waals surface area contributed by atoms with Crippen LogP contribution in [0.15, 0.2) is 48.8 Å². The van der Waals surface area contributed by atoms with Gasteiger partial charge in [-0.05, 0) is 23.8 Å². The molecule has 0 spiro atoms. The minimum Gasteiger partial charge on any atom is -0.276 e. The van der Waals surface area contributed by atoms with Crippen LogP contribution >= 0.6 is 0 Å². The Hall–Kier alpha value is -2.24. The maximum atomic E-state index is 5.75. The second-order valence-corrected chi connectivity index (χ2v) is 4.82. The molecule has 5 heteroatoms. The van der Waals surface area contributed by atoms with Crippen molar-refractivity contribution in [2.45, 2.75) is 12.5 Å². The molecule has 0 saturated heterocycles. The maximum absolute atomic E-state index is 5.75. The number of pyridine rings is 1. The molecule has 102 valence electrons. The SMILES string of the molecule is Cn1ccc(CC(NN)c2ccnc3ccccc23)n1. The molecule has 0 saturated carbocycles. The Labute approximate surface area is 117 Å². The van der Waals surface area contributed by atoms with Gasteiger partial charge in [0.2, 0.25) is 0 Å². The number of rotatable bonds is 4. The molecule has 2 aromatic heterocycles. The van der Waals surface area contributed by atoms with Gasteiger partial charge >= 0.3 is 0 Å². The zero-order chi connectivity index (χ0) is 13.9. The van der Waals surface area contributed by atoms with Gasteiger partial charge in [-0.3, -0.25) is 20.9 Å². The number of nitrogens with one attached hydrogen (secondary N) is 1. The smallest absolute Gasteiger partial charge is 0.0705 e. The highest BCUT2D eigenvalue weighted by atomic mass is 15.3. The number of hydrogen-bond acceptors (Lipinski definition) is 4. The van der Waals surface area contributed by atoms with E-state index in [1.807, 2.05) is 49.8 Å². The first-order valence-electron chi connectivity index (χ1n) is 6.56. The molecule has 3 aromatic rings. The van der Waals surface area contributed by atoms with Crippen LogP contribution in [0.4, 0.5) is 0 Å². The van der Waals surface area contributed by atoms with E-state index < -0.39 is 0 Å². The van der Waals surface area contributed by atoms with Gasteiger partial charge < -0.3 is 0 Å². The van der Waals surface area contributed by atoms with Crippen LogP contribution in [-0.4, -0.2) is 14.8 Å². The monoisotopic (exact) mass is 267 g/mol. The highest BCUT2D eigenvalue weighted by Crippen LogP contribution is 2.24. The summed E-state index contributed by atoms with van der Waals surface area (Å²) >= 11 is 0. The molecule has 0 radical (unpaired) electrons. The van der Waals surface area contributed by atoms with Crippen LogP contribution < -0.4 is 11.3 Å². The standard InChI is InChI=1S/C15H17N5/c1-20-9-7-11(19-20)10-15(18-16)13-6-8-17-14-5-3-2-4-12(13)14/h2-9,15,18H,10,16H2,1H3. The number of para-hydroxylation sites is 1. The number of fused-ring (bicyclic) bond motifs is 1. The predicted molar refractivity (Wildman–Crippen MR) is 78.7 cm³/mol. The molecule has 1 atom stereocenters. The molecule has 0 aliphatic carbocycles. The Morgan fingerprint density at radius 3 is 2.85 bits per heavy atom. The third-order valence-electron chi connectivity index (χ3n) is 3.44. The number of benzene rings is 1. The van der Waals surface area contributed by atoms with Crippen molar-refractivity contribution >= 4 is 10.9 Å². The van der Waals surface area contributed by atoms with Gasteiger partial charge in [0.05, 0.1) is 17.3 Å². The summed E-state index contributed by atoms with van der Waals surface area (Å²) in [5.41, 5.74) is 6.02. The number of aryl methyl sites for hydroxylation is 1. The van der Waals surface area contributed by atoms with Crippen LogP contribution in [0.1, 0.15) is 17.3 Å². The van der Waals surface area contributed by atoms with Crippen LogP contribution in [0.3, 0.4) is 0 Å². The van der Waals surface area contributed by atoms with Crippen molar-refractivity contribution in [2.24, 2.45) is 12.9 Å². The Morgan fingerprint density at radius 1 is 1.25 bits per heavy atom. The average Bonchev–Trinajstić information content (AvgIpc) is 2.89. The highest BCUT2D eigenvalue weighted by Gasteiger charge is 2.15. The first kappa shape index (κ1) is 12.8. The molecule has 3 N–H and O–H groups in total. The summed E-state index contributed by atoms with van der Waals surface area (Å²) in [6.07, 6.45) is 4.50. The van der Waals surface area contributed by atoms with Gasteiger partial charge in [0.1, 0.15) is 0 Å². The molecule has 0 aliphatic rings.